The molecule has 0 saturated carbocycles. The van der Waals surface area contributed by atoms with Crippen molar-refractivity contribution >= 4 is 5.78 Å². The molecule has 0 saturated heterocycles. The molecule has 0 aliphatic heterocycles. The number of carbonyl (C=O) groups is 1. The number of hydrogen-bond donors (Lipinski definition) is 1. The zero-order chi connectivity index (χ0) is 17.1. The third-order valence-electron chi connectivity index (χ3n) is 3.78. The highest BCUT2D eigenvalue weighted by Crippen LogP contribution is 2.18. The maximum absolute atomic E-state index is 12.8. The smallest absolute Gasteiger partial charge is 0.306 e. The van der Waals surface area contributed by atoms with Crippen LogP contribution in [0.3, 0.4) is 0 Å². The molecule has 0 aliphatic rings. The summed E-state index contributed by atoms with van der Waals surface area (Å²) in [7, 11) is 0. The Morgan fingerprint density at radius 3 is 2.12 bits per heavy atom. The van der Waals surface area contributed by atoms with E-state index in [2.05, 4.69) is 4.98 Å². The molecule has 120 valence electrons. The Bertz CT molecular complexity index is 987. The lowest BCUT2D eigenvalue weighted by Crippen LogP contribution is -2.39. The topological polar surface area (TPSA) is 71.9 Å². The fraction of sp³-hybridized carbons (Fsp3) is 0.105. The van der Waals surface area contributed by atoms with Gasteiger partial charge >= 0.3 is 5.69 Å². The number of H-pyrrole nitrogens is 1. The standard InChI is InChI=1S/C19H16N2O3/c1-13(22)16-17(15-10-6-3-7-11-15)20-19(24)21(18(16)23)12-14-8-4-2-5-9-14/h2-11H,12H2,1H3,(H,20,24). The molecule has 0 amide bonds. The van der Waals surface area contributed by atoms with Crippen LogP contribution in [0.1, 0.15) is 22.8 Å². The quantitative estimate of drug-likeness (QED) is 0.751. The summed E-state index contributed by atoms with van der Waals surface area (Å²) in [5.74, 6) is -0.378. The summed E-state index contributed by atoms with van der Waals surface area (Å²) < 4.78 is 1.05. The van der Waals surface area contributed by atoms with E-state index in [9.17, 15) is 14.4 Å². The lowest BCUT2D eigenvalue weighted by atomic mass is 10.0. The summed E-state index contributed by atoms with van der Waals surface area (Å²) in [6.07, 6.45) is 0. The first-order valence-corrected chi connectivity index (χ1v) is 7.55. The number of aromatic nitrogens is 2. The van der Waals surface area contributed by atoms with Gasteiger partial charge in [0.25, 0.3) is 5.56 Å². The van der Waals surface area contributed by atoms with E-state index >= 15 is 0 Å². The van der Waals surface area contributed by atoms with Gasteiger partial charge in [0.2, 0.25) is 0 Å². The van der Waals surface area contributed by atoms with Crippen LogP contribution in [0.5, 0.6) is 0 Å². The number of aromatic amines is 1. The number of ketones is 1. The van der Waals surface area contributed by atoms with Crippen molar-refractivity contribution in [2.75, 3.05) is 0 Å². The Morgan fingerprint density at radius 1 is 0.958 bits per heavy atom. The summed E-state index contributed by atoms with van der Waals surface area (Å²) in [6.45, 7) is 1.44. The van der Waals surface area contributed by atoms with E-state index in [-0.39, 0.29) is 23.6 Å². The summed E-state index contributed by atoms with van der Waals surface area (Å²) >= 11 is 0. The molecule has 1 heterocycles. The zero-order valence-corrected chi connectivity index (χ0v) is 13.2. The number of benzene rings is 2. The second-order valence-electron chi connectivity index (χ2n) is 5.48. The Hall–Kier alpha value is -3.21. The van der Waals surface area contributed by atoms with Gasteiger partial charge in [-0.25, -0.2) is 4.79 Å². The van der Waals surface area contributed by atoms with Gasteiger partial charge in [-0.05, 0) is 18.1 Å². The second kappa shape index (κ2) is 6.50. The van der Waals surface area contributed by atoms with Crippen LogP contribution in [0, 0.1) is 0 Å². The van der Waals surface area contributed by atoms with Crippen molar-refractivity contribution < 1.29 is 4.79 Å². The first-order valence-electron chi connectivity index (χ1n) is 7.55. The normalized spacial score (nSPS) is 10.5. The molecule has 5 heteroatoms. The fourth-order valence-electron chi connectivity index (χ4n) is 2.63. The maximum Gasteiger partial charge on any atom is 0.329 e. The minimum Gasteiger partial charge on any atom is -0.306 e. The number of Topliss-reactive ketones (excluding diaryl/α,β-unsaturated/α-hetero) is 1. The number of nitrogens with one attached hydrogen (secondary N) is 1. The summed E-state index contributed by atoms with van der Waals surface area (Å²) in [5, 5.41) is 0. The molecular formula is C19H16N2O3. The van der Waals surface area contributed by atoms with E-state index < -0.39 is 11.2 Å². The molecule has 0 atom stereocenters. The van der Waals surface area contributed by atoms with Crippen LogP contribution in [0.2, 0.25) is 0 Å². The van der Waals surface area contributed by atoms with Crippen LogP contribution >= 0.6 is 0 Å². The molecule has 3 aromatic rings. The van der Waals surface area contributed by atoms with Crippen molar-refractivity contribution in [2.45, 2.75) is 13.5 Å². The average Bonchev–Trinajstić information content (AvgIpc) is 2.59. The molecule has 0 radical (unpaired) electrons. The van der Waals surface area contributed by atoms with E-state index in [4.69, 9.17) is 0 Å². The van der Waals surface area contributed by atoms with Gasteiger partial charge < -0.3 is 4.98 Å². The first kappa shape index (κ1) is 15.7. The van der Waals surface area contributed by atoms with Crippen LogP contribution in [-0.4, -0.2) is 15.3 Å². The van der Waals surface area contributed by atoms with Crippen LogP contribution in [0.15, 0.2) is 70.3 Å². The molecule has 1 aromatic heterocycles. The monoisotopic (exact) mass is 320 g/mol. The van der Waals surface area contributed by atoms with Crippen LogP contribution < -0.4 is 11.2 Å². The van der Waals surface area contributed by atoms with Gasteiger partial charge in [-0.2, -0.15) is 0 Å². The van der Waals surface area contributed by atoms with E-state index in [1.807, 2.05) is 36.4 Å². The molecule has 0 unspecified atom stereocenters. The van der Waals surface area contributed by atoms with Crippen molar-refractivity contribution in [1.29, 1.82) is 0 Å². The van der Waals surface area contributed by atoms with Crippen molar-refractivity contribution in [3.05, 3.63) is 92.6 Å². The molecule has 1 N–H and O–H groups in total. The molecule has 0 fully saturated rings. The summed E-state index contributed by atoms with van der Waals surface area (Å²) in [6, 6.07) is 18.1. The van der Waals surface area contributed by atoms with E-state index in [1.54, 1.807) is 24.3 Å². The number of nitrogens with zero attached hydrogens (tertiary/aromatic N) is 1. The molecular weight excluding hydrogens is 304 g/mol. The molecule has 0 bridgehead atoms. The molecule has 24 heavy (non-hydrogen) atoms. The highest BCUT2D eigenvalue weighted by atomic mass is 16.2. The van der Waals surface area contributed by atoms with Gasteiger partial charge in [0.15, 0.2) is 5.78 Å². The predicted molar refractivity (Wildman–Crippen MR) is 92.3 cm³/mol. The minimum absolute atomic E-state index is 0.00303. The van der Waals surface area contributed by atoms with Crippen molar-refractivity contribution in [3.63, 3.8) is 0 Å². The van der Waals surface area contributed by atoms with Crippen LogP contribution in [0.4, 0.5) is 0 Å². The Kier molecular flexibility index (Phi) is 4.24. The largest absolute Gasteiger partial charge is 0.329 e. The summed E-state index contributed by atoms with van der Waals surface area (Å²) in [5.41, 5.74) is 0.594. The zero-order valence-electron chi connectivity index (χ0n) is 13.2. The molecule has 2 aromatic carbocycles. The minimum atomic E-state index is -0.575. The molecule has 0 aliphatic carbocycles. The highest BCUT2D eigenvalue weighted by Gasteiger charge is 2.18. The lowest BCUT2D eigenvalue weighted by molar-refractivity contribution is 0.101. The van der Waals surface area contributed by atoms with Gasteiger partial charge in [-0.3, -0.25) is 14.2 Å². The van der Waals surface area contributed by atoms with Gasteiger partial charge in [-0.15, -0.1) is 0 Å². The fourth-order valence-corrected chi connectivity index (χ4v) is 2.63. The van der Waals surface area contributed by atoms with E-state index in [1.165, 1.54) is 6.92 Å². The van der Waals surface area contributed by atoms with Gasteiger partial charge in [0.1, 0.15) is 5.56 Å². The van der Waals surface area contributed by atoms with Crippen LogP contribution in [-0.2, 0) is 6.54 Å². The predicted octanol–water partition coefficient (Wildman–Crippen LogP) is 2.45. The SMILES string of the molecule is CC(=O)c1c(-c2ccccc2)[nH]c(=O)n(Cc2ccccc2)c1=O. The lowest BCUT2D eigenvalue weighted by Gasteiger charge is -2.11. The highest BCUT2D eigenvalue weighted by molar-refractivity contribution is 5.99. The van der Waals surface area contributed by atoms with Crippen LogP contribution in [0.25, 0.3) is 11.3 Å². The molecule has 5 nitrogen and oxygen atoms in total. The maximum atomic E-state index is 12.8. The first-order chi connectivity index (χ1) is 11.6. The summed E-state index contributed by atoms with van der Waals surface area (Å²) in [4.78, 5) is 39.9. The number of hydrogen-bond acceptors (Lipinski definition) is 3. The number of carbonyl (C=O) groups excluding carboxylic acids is 1. The van der Waals surface area contributed by atoms with Gasteiger partial charge in [0, 0.05) is 0 Å². The van der Waals surface area contributed by atoms with Gasteiger partial charge in [0.05, 0.1) is 12.2 Å². The Labute approximate surface area is 138 Å². The van der Waals surface area contributed by atoms with Crippen molar-refractivity contribution in [3.8, 4) is 11.3 Å². The Morgan fingerprint density at radius 2 is 1.54 bits per heavy atom. The van der Waals surface area contributed by atoms with E-state index in [0.717, 1.165) is 10.1 Å². The van der Waals surface area contributed by atoms with Crippen molar-refractivity contribution in [2.24, 2.45) is 0 Å². The number of rotatable bonds is 4. The third-order valence-corrected chi connectivity index (χ3v) is 3.78. The molecule has 3 rings (SSSR count). The molecule has 0 spiro atoms. The Balaban J connectivity index is 2.21. The average molecular weight is 320 g/mol. The third kappa shape index (κ3) is 2.96. The van der Waals surface area contributed by atoms with Gasteiger partial charge in [-0.1, -0.05) is 60.7 Å². The second-order valence-corrected chi connectivity index (χ2v) is 5.48. The van der Waals surface area contributed by atoms with Crippen molar-refractivity contribution in [1.82, 2.24) is 9.55 Å². The van der Waals surface area contributed by atoms with E-state index in [0.29, 0.717) is 5.56 Å².